The highest BCUT2D eigenvalue weighted by Gasteiger charge is 2.24. The lowest BCUT2D eigenvalue weighted by atomic mass is 10.2. The summed E-state index contributed by atoms with van der Waals surface area (Å²) in [6, 6.07) is 11.1. The molecule has 3 N–H and O–H groups in total. The number of hydrogen-bond donors (Lipinski definition) is 3. The molecule has 12 nitrogen and oxygen atoms in total. The van der Waals surface area contributed by atoms with E-state index in [4.69, 9.17) is 23.2 Å². The molecule has 0 heterocycles. The fourth-order valence-electron chi connectivity index (χ4n) is 2.70. The van der Waals surface area contributed by atoms with Crippen molar-refractivity contribution in [1.29, 1.82) is 0 Å². The van der Waals surface area contributed by atoms with Gasteiger partial charge in [0, 0.05) is 28.8 Å². The zero-order valence-electron chi connectivity index (χ0n) is 16.7. The Labute approximate surface area is 201 Å². The van der Waals surface area contributed by atoms with E-state index in [1.54, 1.807) is 6.07 Å². The summed E-state index contributed by atoms with van der Waals surface area (Å²) in [4.78, 5) is 20.1. The molecule has 0 unspecified atom stereocenters. The molecule has 176 valence electrons. The molecule has 0 amide bonds. The predicted molar refractivity (Wildman–Crippen MR) is 126 cm³/mol. The first-order valence-electron chi connectivity index (χ1n) is 9.01. The van der Waals surface area contributed by atoms with E-state index in [1.807, 2.05) is 0 Å². The van der Waals surface area contributed by atoms with Crippen LogP contribution in [0.5, 0.6) is 5.75 Å². The highest BCUT2D eigenvalue weighted by atomic mass is 35.5. The van der Waals surface area contributed by atoms with Crippen LogP contribution < -0.4 is 10.1 Å². The van der Waals surface area contributed by atoms with Gasteiger partial charge in [-0.2, -0.15) is 5.10 Å². The number of sulfonamides is 1. The van der Waals surface area contributed by atoms with E-state index in [1.165, 1.54) is 24.3 Å². The van der Waals surface area contributed by atoms with Gasteiger partial charge in [0.05, 0.1) is 32.5 Å². The van der Waals surface area contributed by atoms with E-state index in [-0.39, 0.29) is 27.0 Å². The Bertz CT molecular complexity index is 1430. The maximum atomic E-state index is 13.0. The fraction of sp³-hybridized carbons (Fsp3) is 0. The quantitative estimate of drug-likeness (QED) is 0.214. The lowest BCUT2D eigenvalue weighted by molar-refractivity contribution is -0.385. The number of aromatic hydroxyl groups is 1. The number of benzene rings is 3. The SMILES string of the molecule is O=[N+]([O-])c1ccc(N/N=C/c2cc(Cl)cc([N+](=O)[O-])c2O)c(S(=O)(=O)Nc2ccccc2Cl)c1. The first-order valence-corrected chi connectivity index (χ1v) is 11.3. The Kier molecular flexibility index (Phi) is 7.20. The Morgan fingerprint density at radius 3 is 2.32 bits per heavy atom. The first kappa shape index (κ1) is 24.7. The summed E-state index contributed by atoms with van der Waals surface area (Å²) in [5, 5.41) is 36.1. The molecule has 0 spiro atoms. The third-order valence-corrected chi connectivity index (χ3v) is 6.21. The van der Waals surface area contributed by atoms with E-state index >= 15 is 0 Å². The van der Waals surface area contributed by atoms with Crippen LogP contribution in [0.4, 0.5) is 22.7 Å². The van der Waals surface area contributed by atoms with Gasteiger partial charge < -0.3 is 5.11 Å². The normalized spacial score (nSPS) is 11.4. The number of anilines is 2. The van der Waals surface area contributed by atoms with Crippen molar-refractivity contribution < 1.29 is 23.4 Å². The van der Waals surface area contributed by atoms with Crippen molar-refractivity contribution in [3.63, 3.8) is 0 Å². The minimum Gasteiger partial charge on any atom is -0.502 e. The maximum Gasteiger partial charge on any atom is 0.312 e. The van der Waals surface area contributed by atoms with Gasteiger partial charge in [-0.1, -0.05) is 35.3 Å². The zero-order valence-corrected chi connectivity index (χ0v) is 19.0. The van der Waals surface area contributed by atoms with E-state index in [2.05, 4.69) is 15.2 Å². The number of non-ortho nitro benzene ring substituents is 1. The Balaban J connectivity index is 1.99. The molecule has 0 radical (unpaired) electrons. The summed E-state index contributed by atoms with van der Waals surface area (Å²) in [5.41, 5.74) is 0.983. The van der Waals surface area contributed by atoms with Crippen LogP contribution in [-0.2, 0) is 10.0 Å². The summed E-state index contributed by atoms with van der Waals surface area (Å²) >= 11 is 11.8. The summed E-state index contributed by atoms with van der Waals surface area (Å²) in [6.45, 7) is 0. The van der Waals surface area contributed by atoms with Crippen molar-refractivity contribution in [2.45, 2.75) is 4.90 Å². The van der Waals surface area contributed by atoms with Gasteiger partial charge in [-0.05, 0) is 24.3 Å². The molecule has 15 heteroatoms. The second kappa shape index (κ2) is 9.91. The summed E-state index contributed by atoms with van der Waals surface area (Å²) < 4.78 is 28.2. The molecule has 0 saturated carbocycles. The third kappa shape index (κ3) is 5.51. The molecule has 0 aliphatic carbocycles. The second-order valence-corrected chi connectivity index (χ2v) is 9.01. The number of phenols is 1. The summed E-state index contributed by atoms with van der Waals surface area (Å²) in [5.74, 6) is -0.711. The van der Waals surface area contributed by atoms with Gasteiger partial charge in [0.25, 0.3) is 15.7 Å². The van der Waals surface area contributed by atoms with Crippen molar-refractivity contribution in [3.05, 3.63) is 90.4 Å². The molecule has 3 aromatic rings. The van der Waals surface area contributed by atoms with Crippen molar-refractivity contribution in [3.8, 4) is 5.75 Å². The van der Waals surface area contributed by atoms with E-state index in [0.29, 0.717) is 0 Å². The predicted octanol–water partition coefficient (Wildman–Crippen LogP) is 4.76. The Hall–Kier alpha value is -3.94. The Morgan fingerprint density at radius 2 is 1.68 bits per heavy atom. The van der Waals surface area contributed by atoms with Gasteiger partial charge in [0.1, 0.15) is 4.90 Å². The van der Waals surface area contributed by atoms with Crippen molar-refractivity contribution in [2.24, 2.45) is 5.10 Å². The van der Waals surface area contributed by atoms with Crippen LogP contribution in [0.3, 0.4) is 0 Å². The van der Waals surface area contributed by atoms with Crippen LogP contribution in [0, 0.1) is 20.2 Å². The number of halogens is 2. The first-order chi connectivity index (χ1) is 16.0. The standard InChI is InChI=1S/C19H13Cl2N5O7S/c20-12-7-11(19(27)17(8-12)26(30)31)10-22-23-16-6-5-13(25(28)29)9-18(16)34(32,33)24-15-4-2-1-3-14(15)21/h1-10,23-24,27H/b22-10+. The van der Waals surface area contributed by atoms with Crippen molar-refractivity contribution >= 4 is 62.2 Å². The summed E-state index contributed by atoms with van der Waals surface area (Å²) in [6.07, 6.45) is 0.966. The van der Waals surface area contributed by atoms with Crippen LogP contribution in [0.15, 0.2) is 64.6 Å². The third-order valence-electron chi connectivity index (χ3n) is 4.25. The maximum absolute atomic E-state index is 13.0. The van der Waals surface area contributed by atoms with Gasteiger partial charge in [-0.25, -0.2) is 8.42 Å². The minimum absolute atomic E-state index is 0.0429. The number of nitro benzene ring substituents is 2. The smallest absolute Gasteiger partial charge is 0.312 e. The number of nitrogens with one attached hydrogen (secondary N) is 2. The number of nitro groups is 2. The van der Waals surface area contributed by atoms with Crippen molar-refractivity contribution in [2.75, 3.05) is 10.1 Å². The van der Waals surface area contributed by atoms with Crippen LogP contribution in [-0.4, -0.2) is 29.6 Å². The van der Waals surface area contributed by atoms with Gasteiger partial charge in [0.15, 0.2) is 0 Å². The molecule has 0 saturated heterocycles. The largest absolute Gasteiger partial charge is 0.502 e. The number of hydrazone groups is 1. The molecule has 0 aliphatic heterocycles. The number of rotatable bonds is 8. The van der Waals surface area contributed by atoms with Gasteiger partial charge in [-0.3, -0.25) is 30.4 Å². The molecule has 0 atom stereocenters. The Morgan fingerprint density at radius 1 is 0.971 bits per heavy atom. The highest BCUT2D eigenvalue weighted by Crippen LogP contribution is 2.33. The average Bonchev–Trinajstić information content (AvgIpc) is 2.77. The molecule has 0 fully saturated rings. The minimum atomic E-state index is -4.39. The molecule has 0 aliphatic rings. The molecule has 3 aromatic carbocycles. The molecule has 0 aromatic heterocycles. The lowest BCUT2D eigenvalue weighted by Gasteiger charge is -2.13. The summed E-state index contributed by atoms with van der Waals surface area (Å²) in [7, 11) is -4.39. The molecule has 3 rings (SSSR count). The number of phenolic OH excluding ortho intramolecular Hbond substituents is 1. The fourth-order valence-corrected chi connectivity index (χ4v) is 4.41. The molecule has 34 heavy (non-hydrogen) atoms. The molecular weight excluding hydrogens is 513 g/mol. The zero-order chi connectivity index (χ0) is 25.0. The topological polar surface area (TPSA) is 177 Å². The van der Waals surface area contributed by atoms with Crippen LogP contribution in [0.25, 0.3) is 0 Å². The number of nitrogens with zero attached hydrogens (tertiary/aromatic N) is 3. The van der Waals surface area contributed by atoms with Gasteiger partial charge in [-0.15, -0.1) is 0 Å². The monoisotopic (exact) mass is 525 g/mol. The van der Waals surface area contributed by atoms with Crippen LogP contribution >= 0.6 is 23.2 Å². The highest BCUT2D eigenvalue weighted by molar-refractivity contribution is 7.93. The van der Waals surface area contributed by atoms with Gasteiger partial charge >= 0.3 is 5.69 Å². The van der Waals surface area contributed by atoms with Crippen LogP contribution in [0.2, 0.25) is 10.0 Å². The average molecular weight is 526 g/mol. The van der Waals surface area contributed by atoms with Gasteiger partial charge in [0.2, 0.25) is 5.75 Å². The lowest BCUT2D eigenvalue weighted by Crippen LogP contribution is -2.15. The number of para-hydroxylation sites is 1. The van der Waals surface area contributed by atoms with E-state index in [9.17, 15) is 33.8 Å². The molecule has 0 bridgehead atoms. The van der Waals surface area contributed by atoms with Crippen molar-refractivity contribution in [1.82, 2.24) is 0 Å². The molecular formula is C19H13Cl2N5O7S. The van der Waals surface area contributed by atoms with Crippen LogP contribution in [0.1, 0.15) is 5.56 Å². The number of hydrogen-bond acceptors (Lipinski definition) is 9. The van der Waals surface area contributed by atoms with E-state index < -0.39 is 41.9 Å². The second-order valence-electron chi connectivity index (χ2n) is 6.51. The van der Waals surface area contributed by atoms with E-state index in [0.717, 1.165) is 30.5 Å².